The molecule has 1 N–H and O–H groups in total. The largest absolute Gasteiger partial charge is 0.362 e. The highest BCUT2D eigenvalue weighted by molar-refractivity contribution is 8.13. The van der Waals surface area contributed by atoms with E-state index in [0.29, 0.717) is 23.3 Å². The maximum absolute atomic E-state index is 4.78. The van der Waals surface area contributed by atoms with Crippen molar-refractivity contribution in [3.8, 4) is 0 Å². The molecular weight excluding hydrogens is 228 g/mol. The van der Waals surface area contributed by atoms with Gasteiger partial charge >= 0.3 is 0 Å². The zero-order valence-electron chi connectivity index (χ0n) is 12.2. The maximum Gasteiger partial charge on any atom is 0.156 e. The summed E-state index contributed by atoms with van der Waals surface area (Å²) in [4.78, 5) is 4.78. The molecule has 100 valence electrons. The first-order valence-electron chi connectivity index (χ1n) is 6.76. The molecule has 1 aliphatic heterocycles. The van der Waals surface area contributed by atoms with E-state index in [4.69, 9.17) is 4.99 Å². The van der Waals surface area contributed by atoms with Crippen LogP contribution in [0.15, 0.2) is 4.99 Å². The van der Waals surface area contributed by atoms with Crippen LogP contribution in [0.2, 0.25) is 0 Å². The van der Waals surface area contributed by atoms with Crippen LogP contribution in [0.3, 0.4) is 0 Å². The second kappa shape index (κ2) is 6.12. The third-order valence-corrected chi connectivity index (χ3v) is 4.93. The van der Waals surface area contributed by atoms with Gasteiger partial charge in [0.1, 0.15) is 0 Å². The van der Waals surface area contributed by atoms with Crippen molar-refractivity contribution in [3.05, 3.63) is 0 Å². The summed E-state index contributed by atoms with van der Waals surface area (Å²) in [5.41, 5.74) is 0.292. The fourth-order valence-electron chi connectivity index (χ4n) is 1.60. The molecule has 3 heteroatoms. The molecule has 0 aromatic rings. The Kier molecular flexibility index (Phi) is 5.36. The second-order valence-electron chi connectivity index (χ2n) is 6.40. The Morgan fingerprint density at radius 3 is 2.53 bits per heavy atom. The number of nitrogens with zero attached hydrogens (tertiary/aromatic N) is 1. The van der Waals surface area contributed by atoms with E-state index in [2.05, 4.69) is 46.9 Å². The molecular formula is C14H28N2S. The molecule has 0 aromatic carbocycles. The number of amidine groups is 1. The molecule has 1 atom stereocenters. The topological polar surface area (TPSA) is 24.4 Å². The Hall–Kier alpha value is -0.180. The van der Waals surface area contributed by atoms with E-state index >= 15 is 0 Å². The Labute approximate surface area is 111 Å². The molecule has 0 bridgehead atoms. The van der Waals surface area contributed by atoms with Gasteiger partial charge in [0.2, 0.25) is 0 Å². The van der Waals surface area contributed by atoms with Crippen LogP contribution in [-0.2, 0) is 0 Å². The summed E-state index contributed by atoms with van der Waals surface area (Å²) >= 11 is 1.88. The molecule has 0 aromatic heterocycles. The Morgan fingerprint density at radius 2 is 2.00 bits per heavy atom. The summed E-state index contributed by atoms with van der Waals surface area (Å²) in [5, 5.41) is 4.73. The van der Waals surface area contributed by atoms with Crippen LogP contribution < -0.4 is 5.32 Å². The highest BCUT2D eigenvalue weighted by atomic mass is 32.2. The molecule has 2 nitrogen and oxygen atoms in total. The SMILES string of the molecule is CC(C)C1CCSC(=NCC(C)(C)C(C)C)N1. The molecule has 1 heterocycles. The van der Waals surface area contributed by atoms with Crippen molar-refractivity contribution in [3.63, 3.8) is 0 Å². The zero-order valence-corrected chi connectivity index (χ0v) is 13.0. The molecule has 17 heavy (non-hydrogen) atoms. The highest BCUT2D eigenvalue weighted by Gasteiger charge is 2.24. The van der Waals surface area contributed by atoms with Gasteiger partial charge in [-0.25, -0.2) is 0 Å². The van der Waals surface area contributed by atoms with Gasteiger partial charge in [-0.05, 0) is 23.7 Å². The van der Waals surface area contributed by atoms with Crippen LogP contribution in [0.25, 0.3) is 0 Å². The van der Waals surface area contributed by atoms with Crippen molar-refractivity contribution in [1.82, 2.24) is 5.32 Å². The third-order valence-electron chi connectivity index (χ3n) is 3.97. The van der Waals surface area contributed by atoms with Crippen LogP contribution in [-0.4, -0.2) is 23.5 Å². The van der Waals surface area contributed by atoms with Gasteiger partial charge in [0.25, 0.3) is 0 Å². The standard InChI is InChI=1S/C14H28N2S/c1-10(2)12-7-8-17-13(16-12)15-9-14(5,6)11(3)4/h10-12H,7-9H2,1-6H3,(H,15,16). The Morgan fingerprint density at radius 1 is 1.35 bits per heavy atom. The third kappa shape index (κ3) is 4.53. The summed E-state index contributed by atoms with van der Waals surface area (Å²) in [6.07, 6.45) is 1.26. The monoisotopic (exact) mass is 256 g/mol. The summed E-state index contributed by atoms with van der Waals surface area (Å²) in [5.74, 6) is 2.57. The quantitative estimate of drug-likeness (QED) is 0.828. The lowest BCUT2D eigenvalue weighted by Gasteiger charge is -2.31. The molecule has 1 fully saturated rings. The molecule has 0 aliphatic carbocycles. The number of hydrogen-bond acceptors (Lipinski definition) is 2. The average Bonchev–Trinajstić information content (AvgIpc) is 2.26. The van der Waals surface area contributed by atoms with E-state index in [1.807, 2.05) is 11.8 Å². The van der Waals surface area contributed by atoms with E-state index in [0.717, 1.165) is 11.7 Å². The van der Waals surface area contributed by atoms with Gasteiger partial charge in [-0.15, -0.1) is 0 Å². The molecule has 0 spiro atoms. The second-order valence-corrected chi connectivity index (χ2v) is 7.48. The van der Waals surface area contributed by atoms with Crippen molar-refractivity contribution in [1.29, 1.82) is 0 Å². The number of aliphatic imine (C=N–C) groups is 1. The average molecular weight is 256 g/mol. The lowest BCUT2D eigenvalue weighted by Crippen LogP contribution is -2.41. The fourth-order valence-corrected chi connectivity index (χ4v) is 2.56. The van der Waals surface area contributed by atoms with E-state index in [1.165, 1.54) is 12.2 Å². The smallest absolute Gasteiger partial charge is 0.156 e. The van der Waals surface area contributed by atoms with Crippen molar-refractivity contribution in [2.75, 3.05) is 12.3 Å². The molecule has 0 radical (unpaired) electrons. The van der Waals surface area contributed by atoms with Gasteiger partial charge in [0.15, 0.2) is 5.17 Å². The highest BCUT2D eigenvalue weighted by Crippen LogP contribution is 2.27. The molecule has 0 saturated carbocycles. The Balaban J connectivity index is 2.55. The van der Waals surface area contributed by atoms with E-state index < -0.39 is 0 Å². The molecule has 1 saturated heterocycles. The van der Waals surface area contributed by atoms with Gasteiger partial charge in [-0.2, -0.15) is 0 Å². The minimum absolute atomic E-state index is 0.292. The van der Waals surface area contributed by atoms with Gasteiger partial charge < -0.3 is 5.32 Å². The summed E-state index contributed by atoms with van der Waals surface area (Å²) in [7, 11) is 0. The number of nitrogens with one attached hydrogen (secondary N) is 1. The number of rotatable bonds is 4. The lowest BCUT2D eigenvalue weighted by molar-refractivity contribution is 0.262. The Bertz CT molecular complexity index is 269. The minimum atomic E-state index is 0.292. The van der Waals surface area contributed by atoms with Crippen LogP contribution in [0, 0.1) is 17.3 Å². The molecule has 1 rings (SSSR count). The first kappa shape index (κ1) is 14.9. The first-order valence-corrected chi connectivity index (χ1v) is 7.75. The summed E-state index contributed by atoms with van der Waals surface area (Å²) in [6.45, 7) is 14.6. The molecule has 0 amide bonds. The summed E-state index contributed by atoms with van der Waals surface area (Å²) < 4.78 is 0. The van der Waals surface area contributed by atoms with Crippen LogP contribution in [0.5, 0.6) is 0 Å². The number of thioether (sulfide) groups is 1. The van der Waals surface area contributed by atoms with Crippen molar-refractivity contribution in [2.45, 2.75) is 54.0 Å². The lowest BCUT2D eigenvalue weighted by atomic mass is 9.81. The molecule has 1 unspecified atom stereocenters. The summed E-state index contributed by atoms with van der Waals surface area (Å²) in [6, 6.07) is 0.608. The van der Waals surface area contributed by atoms with Crippen LogP contribution in [0.1, 0.15) is 48.0 Å². The predicted molar refractivity (Wildman–Crippen MR) is 79.8 cm³/mol. The fraction of sp³-hybridized carbons (Fsp3) is 0.929. The minimum Gasteiger partial charge on any atom is -0.362 e. The number of hydrogen-bond donors (Lipinski definition) is 1. The first-order chi connectivity index (χ1) is 7.83. The van der Waals surface area contributed by atoms with Gasteiger partial charge in [-0.3, -0.25) is 4.99 Å². The normalized spacial score (nSPS) is 24.5. The van der Waals surface area contributed by atoms with Gasteiger partial charge in [-0.1, -0.05) is 53.3 Å². The van der Waals surface area contributed by atoms with E-state index in [-0.39, 0.29) is 0 Å². The molecule has 1 aliphatic rings. The van der Waals surface area contributed by atoms with E-state index in [1.54, 1.807) is 0 Å². The van der Waals surface area contributed by atoms with Crippen molar-refractivity contribution in [2.24, 2.45) is 22.2 Å². The maximum atomic E-state index is 4.78. The van der Waals surface area contributed by atoms with Gasteiger partial charge in [0, 0.05) is 18.3 Å². The van der Waals surface area contributed by atoms with Crippen LogP contribution >= 0.6 is 11.8 Å². The zero-order chi connectivity index (χ0) is 13.1. The van der Waals surface area contributed by atoms with Crippen molar-refractivity contribution >= 4 is 16.9 Å². The van der Waals surface area contributed by atoms with Crippen molar-refractivity contribution < 1.29 is 0 Å². The van der Waals surface area contributed by atoms with Gasteiger partial charge in [0.05, 0.1) is 0 Å². The van der Waals surface area contributed by atoms with Crippen LogP contribution in [0.4, 0.5) is 0 Å². The predicted octanol–water partition coefficient (Wildman–Crippen LogP) is 3.78. The van der Waals surface area contributed by atoms with E-state index in [9.17, 15) is 0 Å².